The van der Waals surface area contributed by atoms with Crippen molar-refractivity contribution in [3.63, 3.8) is 0 Å². The van der Waals surface area contributed by atoms with Gasteiger partial charge in [-0.3, -0.25) is 0 Å². The number of nitrogens with zero attached hydrogens (tertiary/aromatic N) is 2. The number of allylic oxidation sites excluding steroid dienone is 2. The maximum absolute atomic E-state index is 11.0. The van der Waals surface area contributed by atoms with Gasteiger partial charge < -0.3 is 10.0 Å². The molecule has 4 nitrogen and oxygen atoms in total. The van der Waals surface area contributed by atoms with Gasteiger partial charge in [0, 0.05) is 18.9 Å². The van der Waals surface area contributed by atoms with Crippen LogP contribution in [-0.4, -0.2) is 22.6 Å². The fraction of sp³-hybridized carbons (Fsp3) is 0.0909. The zero-order valence-corrected chi connectivity index (χ0v) is 8.00. The molecule has 1 aromatic rings. The van der Waals surface area contributed by atoms with Crippen LogP contribution in [0.2, 0.25) is 0 Å². The van der Waals surface area contributed by atoms with Gasteiger partial charge in [-0.25, -0.2) is 9.78 Å². The van der Waals surface area contributed by atoms with Crippen LogP contribution in [0.1, 0.15) is 10.4 Å². The van der Waals surface area contributed by atoms with Crippen LogP contribution in [-0.2, 0) is 0 Å². The zero-order valence-electron chi connectivity index (χ0n) is 8.00. The van der Waals surface area contributed by atoms with E-state index in [9.17, 15) is 4.79 Å². The van der Waals surface area contributed by atoms with Gasteiger partial charge in [-0.15, -0.1) is 0 Å². The Morgan fingerprint density at radius 2 is 2.33 bits per heavy atom. The van der Waals surface area contributed by atoms with E-state index in [2.05, 4.69) is 4.98 Å². The third kappa shape index (κ3) is 1.88. The van der Waals surface area contributed by atoms with Gasteiger partial charge in [0.2, 0.25) is 0 Å². The summed E-state index contributed by atoms with van der Waals surface area (Å²) in [6.45, 7) is 0.647. The minimum Gasteiger partial charge on any atom is -0.478 e. The van der Waals surface area contributed by atoms with Crippen molar-refractivity contribution in [1.82, 2.24) is 4.98 Å². The highest BCUT2D eigenvalue weighted by molar-refractivity contribution is 5.93. The predicted octanol–water partition coefficient (Wildman–Crippen LogP) is 1.67. The molecule has 15 heavy (non-hydrogen) atoms. The predicted molar refractivity (Wildman–Crippen MR) is 56.8 cm³/mol. The van der Waals surface area contributed by atoms with Crippen molar-refractivity contribution in [2.24, 2.45) is 0 Å². The van der Waals surface area contributed by atoms with Gasteiger partial charge in [0.15, 0.2) is 0 Å². The summed E-state index contributed by atoms with van der Waals surface area (Å²) >= 11 is 0. The molecule has 0 unspecified atom stereocenters. The normalized spacial score (nSPS) is 14.3. The zero-order chi connectivity index (χ0) is 10.7. The summed E-state index contributed by atoms with van der Waals surface area (Å²) < 4.78 is 0. The number of carboxylic acids is 1. The molecule has 0 atom stereocenters. The molecular weight excluding hydrogens is 192 g/mol. The van der Waals surface area contributed by atoms with Crippen molar-refractivity contribution in [2.45, 2.75) is 0 Å². The van der Waals surface area contributed by atoms with Crippen LogP contribution in [0.5, 0.6) is 0 Å². The van der Waals surface area contributed by atoms with Crippen LogP contribution in [0.3, 0.4) is 0 Å². The molecule has 0 radical (unpaired) electrons. The van der Waals surface area contributed by atoms with E-state index in [1.54, 1.807) is 23.2 Å². The molecule has 1 aliphatic heterocycles. The largest absolute Gasteiger partial charge is 0.478 e. The van der Waals surface area contributed by atoms with Crippen LogP contribution in [0, 0.1) is 0 Å². The van der Waals surface area contributed by atoms with Gasteiger partial charge >= 0.3 is 5.97 Å². The molecule has 0 aliphatic carbocycles. The van der Waals surface area contributed by atoms with E-state index in [1.807, 2.05) is 24.4 Å². The molecule has 0 amide bonds. The van der Waals surface area contributed by atoms with E-state index in [-0.39, 0.29) is 5.56 Å². The minimum atomic E-state index is -0.957. The molecule has 0 fully saturated rings. The Bertz CT molecular complexity index is 438. The molecule has 1 aromatic heterocycles. The van der Waals surface area contributed by atoms with Crippen molar-refractivity contribution < 1.29 is 9.90 Å². The number of hydrogen-bond acceptors (Lipinski definition) is 3. The molecule has 2 rings (SSSR count). The minimum absolute atomic E-state index is 0.220. The van der Waals surface area contributed by atoms with Gasteiger partial charge in [0.05, 0.1) is 0 Å². The maximum atomic E-state index is 11.0. The molecular formula is C11H10N2O2. The number of aromatic nitrogens is 1. The Kier molecular flexibility index (Phi) is 2.49. The molecule has 0 bridgehead atoms. The lowest BCUT2D eigenvalue weighted by Crippen LogP contribution is -2.21. The van der Waals surface area contributed by atoms with E-state index in [1.165, 1.54) is 0 Å². The Labute approximate surface area is 87.2 Å². The quantitative estimate of drug-likeness (QED) is 0.792. The topological polar surface area (TPSA) is 53.4 Å². The number of anilines is 1. The molecule has 0 saturated heterocycles. The van der Waals surface area contributed by atoms with E-state index >= 15 is 0 Å². The monoisotopic (exact) mass is 202 g/mol. The van der Waals surface area contributed by atoms with E-state index in [4.69, 9.17) is 5.11 Å². The first-order chi connectivity index (χ1) is 7.29. The van der Waals surface area contributed by atoms with Crippen molar-refractivity contribution >= 4 is 11.8 Å². The van der Waals surface area contributed by atoms with E-state index in [0.29, 0.717) is 12.4 Å². The number of aromatic carboxylic acids is 1. The third-order valence-corrected chi connectivity index (χ3v) is 2.10. The summed E-state index contributed by atoms with van der Waals surface area (Å²) in [5, 5.41) is 8.99. The molecule has 2 heterocycles. The molecule has 76 valence electrons. The van der Waals surface area contributed by atoms with Gasteiger partial charge in [0.25, 0.3) is 0 Å². The van der Waals surface area contributed by atoms with Gasteiger partial charge in [0.1, 0.15) is 11.4 Å². The molecule has 0 spiro atoms. The highest BCUT2D eigenvalue weighted by Gasteiger charge is 2.15. The maximum Gasteiger partial charge on any atom is 0.339 e. The summed E-state index contributed by atoms with van der Waals surface area (Å²) in [5.74, 6) is -0.480. The summed E-state index contributed by atoms with van der Waals surface area (Å²) in [7, 11) is 0. The third-order valence-electron chi connectivity index (χ3n) is 2.10. The van der Waals surface area contributed by atoms with Gasteiger partial charge in [-0.05, 0) is 18.2 Å². The van der Waals surface area contributed by atoms with E-state index < -0.39 is 5.97 Å². The van der Waals surface area contributed by atoms with Crippen LogP contribution in [0.4, 0.5) is 5.82 Å². The second kappa shape index (κ2) is 3.96. The molecule has 0 aromatic carbocycles. The lowest BCUT2D eigenvalue weighted by atomic mass is 10.2. The van der Waals surface area contributed by atoms with E-state index in [0.717, 1.165) is 0 Å². The lowest BCUT2D eigenvalue weighted by molar-refractivity contribution is 0.0697. The van der Waals surface area contributed by atoms with Crippen molar-refractivity contribution in [2.75, 3.05) is 11.4 Å². The van der Waals surface area contributed by atoms with Crippen molar-refractivity contribution in [3.05, 3.63) is 48.3 Å². The number of carbonyl (C=O) groups is 1. The first kappa shape index (κ1) is 9.45. The molecule has 1 aliphatic rings. The van der Waals surface area contributed by atoms with Gasteiger partial charge in [-0.2, -0.15) is 0 Å². The Hall–Kier alpha value is -2.10. The van der Waals surface area contributed by atoms with Crippen LogP contribution >= 0.6 is 0 Å². The van der Waals surface area contributed by atoms with Crippen molar-refractivity contribution in [3.8, 4) is 0 Å². The number of rotatable bonds is 2. The Morgan fingerprint density at radius 3 is 3.00 bits per heavy atom. The second-order valence-corrected chi connectivity index (χ2v) is 3.10. The number of pyridine rings is 1. The summed E-state index contributed by atoms with van der Waals surface area (Å²) in [4.78, 5) is 16.8. The smallest absolute Gasteiger partial charge is 0.339 e. The second-order valence-electron chi connectivity index (χ2n) is 3.10. The standard InChI is InChI=1S/C11H10N2O2/c14-11(15)9-5-4-6-12-10(9)13-7-2-1-3-8-13/h1-7H,8H2,(H,14,15). The Morgan fingerprint density at radius 1 is 1.47 bits per heavy atom. The number of carboxylic acid groups (broad SMARTS) is 1. The summed E-state index contributed by atoms with van der Waals surface area (Å²) in [6, 6.07) is 3.17. The SMILES string of the molecule is O=C(O)c1cccnc1N1C=CC=CC1. The average Bonchev–Trinajstić information content (AvgIpc) is 2.30. The molecule has 1 N–H and O–H groups in total. The highest BCUT2D eigenvalue weighted by Crippen LogP contribution is 2.18. The summed E-state index contributed by atoms with van der Waals surface area (Å²) in [5.41, 5.74) is 0.220. The highest BCUT2D eigenvalue weighted by atomic mass is 16.4. The first-order valence-corrected chi connectivity index (χ1v) is 4.57. The number of hydrogen-bond donors (Lipinski definition) is 1. The fourth-order valence-corrected chi connectivity index (χ4v) is 1.42. The van der Waals surface area contributed by atoms with Crippen LogP contribution < -0.4 is 4.90 Å². The Balaban J connectivity index is 2.39. The molecule has 4 heteroatoms. The first-order valence-electron chi connectivity index (χ1n) is 4.57. The summed E-state index contributed by atoms with van der Waals surface area (Å²) in [6.07, 6.45) is 9.12. The fourth-order valence-electron chi connectivity index (χ4n) is 1.42. The van der Waals surface area contributed by atoms with Crippen LogP contribution in [0.25, 0.3) is 0 Å². The van der Waals surface area contributed by atoms with Crippen LogP contribution in [0.15, 0.2) is 42.8 Å². The lowest BCUT2D eigenvalue weighted by Gasteiger charge is -2.20. The van der Waals surface area contributed by atoms with Crippen molar-refractivity contribution in [1.29, 1.82) is 0 Å². The molecule has 0 saturated carbocycles. The van der Waals surface area contributed by atoms with Gasteiger partial charge in [-0.1, -0.05) is 12.2 Å². The average molecular weight is 202 g/mol.